The molecule has 100 valence electrons. The summed E-state index contributed by atoms with van der Waals surface area (Å²) in [6, 6.07) is 5.24. The molecule has 0 aliphatic carbocycles. The van der Waals surface area contributed by atoms with E-state index in [4.69, 9.17) is 23.2 Å². The highest BCUT2D eigenvalue weighted by atomic mass is 35.5. The maximum atomic E-state index is 11.5. The van der Waals surface area contributed by atoms with E-state index in [0.717, 1.165) is 11.3 Å². The van der Waals surface area contributed by atoms with Crippen molar-refractivity contribution in [2.75, 3.05) is 12.3 Å². The van der Waals surface area contributed by atoms with Gasteiger partial charge in [0.1, 0.15) is 0 Å². The number of hydrogen-bond acceptors (Lipinski definition) is 4. The number of rotatable bonds is 1. The van der Waals surface area contributed by atoms with E-state index in [2.05, 4.69) is 4.40 Å². The number of amidine groups is 1. The molecule has 0 atom stereocenters. The molecule has 3 rings (SSSR count). The summed E-state index contributed by atoms with van der Waals surface area (Å²) < 4.78 is 26.7. The van der Waals surface area contributed by atoms with Crippen molar-refractivity contribution in [3.63, 3.8) is 0 Å². The fourth-order valence-electron chi connectivity index (χ4n) is 1.90. The van der Waals surface area contributed by atoms with Gasteiger partial charge in [0.15, 0.2) is 5.17 Å². The lowest BCUT2D eigenvalue weighted by molar-refractivity contribution is 0.567. The van der Waals surface area contributed by atoms with Gasteiger partial charge < -0.3 is 4.90 Å². The molecular weight excluding hydrogens is 327 g/mol. The first-order valence-corrected chi connectivity index (χ1v) is 8.63. The Kier molecular flexibility index (Phi) is 3.29. The highest BCUT2D eigenvalue weighted by Crippen LogP contribution is 2.38. The number of fused-ring (bicyclic) bond motifs is 1. The largest absolute Gasteiger partial charge is 0.318 e. The van der Waals surface area contributed by atoms with Crippen LogP contribution in [0.15, 0.2) is 28.0 Å². The van der Waals surface area contributed by atoms with Gasteiger partial charge in [-0.1, -0.05) is 35.0 Å². The maximum absolute atomic E-state index is 11.5. The molecule has 0 N–H and O–H groups in total. The summed E-state index contributed by atoms with van der Waals surface area (Å²) in [5.74, 6) is 0.0135. The number of halogens is 2. The minimum absolute atomic E-state index is 0.0135. The molecule has 0 amide bonds. The zero-order chi connectivity index (χ0) is 13.6. The average molecular weight is 335 g/mol. The molecule has 8 heteroatoms. The fraction of sp³-hybridized carbons (Fsp3) is 0.182. The van der Waals surface area contributed by atoms with E-state index in [-0.39, 0.29) is 5.75 Å². The molecule has 4 nitrogen and oxygen atoms in total. The van der Waals surface area contributed by atoms with E-state index < -0.39 is 10.0 Å². The molecule has 0 spiro atoms. The highest BCUT2D eigenvalue weighted by Gasteiger charge is 2.31. The summed E-state index contributed by atoms with van der Waals surface area (Å²) >= 11 is 13.3. The van der Waals surface area contributed by atoms with Gasteiger partial charge in [0.2, 0.25) is 0 Å². The number of thioether (sulfide) groups is 1. The number of hydrogen-bond donors (Lipinski definition) is 0. The van der Waals surface area contributed by atoms with Crippen LogP contribution in [0.25, 0.3) is 5.70 Å². The van der Waals surface area contributed by atoms with Crippen molar-refractivity contribution in [3.8, 4) is 0 Å². The van der Waals surface area contributed by atoms with Crippen LogP contribution in [0.1, 0.15) is 5.56 Å². The second-order valence-corrected chi connectivity index (χ2v) is 7.49. The zero-order valence-electron chi connectivity index (χ0n) is 9.51. The third-order valence-electron chi connectivity index (χ3n) is 2.79. The van der Waals surface area contributed by atoms with Crippen LogP contribution in [-0.4, -0.2) is 30.8 Å². The van der Waals surface area contributed by atoms with Crippen LogP contribution in [0.2, 0.25) is 10.0 Å². The normalized spacial score (nSPS) is 20.8. The van der Waals surface area contributed by atoms with Gasteiger partial charge in [0.05, 0.1) is 16.5 Å². The van der Waals surface area contributed by atoms with E-state index >= 15 is 0 Å². The standard InChI is InChI=1S/C11H8Cl2N2O2S2/c12-7-1-2-8(9(13)5-7)10-6-18-11-14-19(16,17)4-3-15(10)11/h1-2,5-6H,3-4H2. The van der Waals surface area contributed by atoms with Crippen molar-refractivity contribution in [2.45, 2.75) is 0 Å². The number of sulfonamides is 1. The smallest absolute Gasteiger partial charge is 0.257 e. The van der Waals surface area contributed by atoms with Crippen molar-refractivity contribution < 1.29 is 8.42 Å². The predicted octanol–water partition coefficient (Wildman–Crippen LogP) is 3.04. The van der Waals surface area contributed by atoms with Gasteiger partial charge in [-0.3, -0.25) is 0 Å². The van der Waals surface area contributed by atoms with Crippen molar-refractivity contribution in [3.05, 3.63) is 39.2 Å². The van der Waals surface area contributed by atoms with Crippen LogP contribution in [0.3, 0.4) is 0 Å². The minimum atomic E-state index is -3.32. The summed E-state index contributed by atoms with van der Waals surface area (Å²) in [5.41, 5.74) is 1.68. The molecule has 19 heavy (non-hydrogen) atoms. The molecule has 2 aliphatic rings. The van der Waals surface area contributed by atoms with Crippen LogP contribution in [0, 0.1) is 0 Å². The second kappa shape index (κ2) is 4.70. The molecule has 0 bridgehead atoms. The fourth-order valence-corrected chi connectivity index (χ4v) is 4.55. The topological polar surface area (TPSA) is 49.7 Å². The number of benzene rings is 1. The first kappa shape index (κ1) is 13.3. The van der Waals surface area contributed by atoms with Crippen LogP contribution >= 0.6 is 35.0 Å². The van der Waals surface area contributed by atoms with Crippen LogP contribution in [-0.2, 0) is 10.0 Å². The Morgan fingerprint density at radius 3 is 2.84 bits per heavy atom. The highest BCUT2D eigenvalue weighted by molar-refractivity contribution is 8.17. The third-order valence-corrected chi connectivity index (χ3v) is 5.47. The number of nitrogens with zero attached hydrogens (tertiary/aromatic N) is 2. The first-order valence-electron chi connectivity index (χ1n) is 5.39. The predicted molar refractivity (Wildman–Crippen MR) is 80.0 cm³/mol. The molecule has 0 fully saturated rings. The van der Waals surface area contributed by atoms with Gasteiger partial charge >= 0.3 is 0 Å². The summed E-state index contributed by atoms with van der Waals surface area (Å²) in [6.07, 6.45) is 0. The van der Waals surface area contributed by atoms with Crippen molar-refractivity contribution >= 4 is 55.9 Å². The van der Waals surface area contributed by atoms with Gasteiger partial charge in [-0.25, -0.2) is 8.42 Å². The molecule has 0 unspecified atom stereocenters. The first-order chi connectivity index (χ1) is 8.96. The quantitative estimate of drug-likeness (QED) is 0.792. The van der Waals surface area contributed by atoms with Gasteiger partial charge in [-0.15, -0.1) is 4.40 Å². The van der Waals surface area contributed by atoms with Crippen molar-refractivity contribution in [1.82, 2.24) is 4.90 Å². The summed E-state index contributed by atoms with van der Waals surface area (Å²) in [4.78, 5) is 1.86. The summed E-state index contributed by atoms with van der Waals surface area (Å²) in [6.45, 7) is 0.388. The monoisotopic (exact) mass is 334 g/mol. The Balaban J connectivity index is 2.01. The van der Waals surface area contributed by atoms with E-state index in [1.54, 1.807) is 12.1 Å². The summed E-state index contributed by atoms with van der Waals surface area (Å²) in [5, 5.41) is 3.44. The Morgan fingerprint density at radius 1 is 1.32 bits per heavy atom. The van der Waals surface area contributed by atoms with Gasteiger partial charge in [-0.2, -0.15) is 0 Å². The van der Waals surface area contributed by atoms with Crippen molar-refractivity contribution in [1.29, 1.82) is 0 Å². The molecular formula is C11H8Cl2N2O2S2. The molecule has 2 aliphatic heterocycles. The molecule has 0 saturated carbocycles. The molecule has 1 aromatic rings. The minimum Gasteiger partial charge on any atom is -0.318 e. The molecule has 0 saturated heterocycles. The van der Waals surface area contributed by atoms with Crippen LogP contribution < -0.4 is 0 Å². The Bertz CT molecular complexity index is 713. The SMILES string of the molecule is O=S1(=O)CCN2C(c3ccc(Cl)cc3Cl)=CSC2=N1. The van der Waals surface area contributed by atoms with E-state index in [0.29, 0.717) is 21.8 Å². The lowest BCUT2D eigenvalue weighted by Crippen LogP contribution is -2.34. The van der Waals surface area contributed by atoms with E-state index in [9.17, 15) is 8.42 Å². The Labute approximate surface area is 125 Å². The van der Waals surface area contributed by atoms with E-state index in [1.165, 1.54) is 11.8 Å². The van der Waals surface area contributed by atoms with Gasteiger partial charge in [-0.05, 0) is 18.2 Å². The maximum Gasteiger partial charge on any atom is 0.257 e. The molecule has 0 aromatic heterocycles. The third kappa shape index (κ3) is 2.50. The zero-order valence-corrected chi connectivity index (χ0v) is 12.7. The van der Waals surface area contributed by atoms with Crippen LogP contribution in [0.4, 0.5) is 0 Å². The Hall–Kier alpha value is -0.690. The molecule has 1 aromatic carbocycles. The summed E-state index contributed by atoms with van der Waals surface area (Å²) in [7, 11) is -3.32. The lowest BCUT2D eigenvalue weighted by Gasteiger charge is -2.25. The second-order valence-electron chi connectivity index (χ2n) is 4.06. The lowest BCUT2D eigenvalue weighted by atomic mass is 10.1. The van der Waals surface area contributed by atoms with Crippen molar-refractivity contribution in [2.24, 2.45) is 4.40 Å². The average Bonchev–Trinajstić information content (AvgIpc) is 2.70. The Morgan fingerprint density at radius 2 is 2.11 bits per heavy atom. The van der Waals surface area contributed by atoms with E-state index in [1.807, 2.05) is 16.4 Å². The molecule has 2 heterocycles. The van der Waals surface area contributed by atoms with Gasteiger partial charge in [0, 0.05) is 22.5 Å². The van der Waals surface area contributed by atoms with Crippen LogP contribution in [0.5, 0.6) is 0 Å². The van der Waals surface area contributed by atoms with Gasteiger partial charge in [0.25, 0.3) is 10.0 Å². The molecule has 0 radical (unpaired) electrons.